The molecule has 0 heterocycles. The molecule has 0 radical (unpaired) electrons. The van der Waals surface area contributed by atoms with Crippen LogP contribution in [0, 0.1) is 0 Å². The topological polar surface area (TPSA) is 48.8 Å². The monoisotopic (exact) mass is 101 g/mol. The van der Waals surface area contributed by atoms with E-state index < -0.39 is 0 Å². The Morgan fingerprint density at radius 2 is 2.50 bits per heavy atom. The second kappa shape index (κ2) is 2.63. The van der Waals surface area contributed by atoms with Gasteiger partial charge in [-0.1, -0.05) is 11.7 Å². The maximum Gasteiger partial charge on any atom is 0.0602 e. The zero-order valence-electron chi connectivity index (χ0n) is 3.00. The van der Waals surface area contributed by atoms with Gasteiger partial charge in [-0.05, 0) is 5.53 Å². The fourth-order valence-corrected chi connectivity index (χ4v) is 0.0916. The SMILES string of the molecule is C=C(S)N=[N+]=[N-]. The third-order valence-electron chi connectivity index (χ3n) is 0.160. The molecule has 0 aliphatic carbocycles. The fourth-order valence-electron chi connectivity index (χ4n) is 0.0516. The number of thiol groups is 1. The molecule has 0 unspecified atom stereocenters. The Hall–Kier alpha value is -0.600. The summed E-state index contributed by atoms with van der Waals surface area (Å²) in [4.78, 5) is 2.38. The van der Waals surface area contributed by atoms with E-state index in [1.54, 1.807) is 0 Å². The number of hydrogen-bond acceptors (Lipinski definition) is 2. The van der Waals surface area contributed by atoms with Crippen molar-refractivity contribution in [3.8, 4) is 0 Å². The van der Waals surface area contributed by atoms with Crippen LogP contribution in [0.4, 0.5) is 0 Å². The van der Waals surface area contributed by atoms with Gasteiger partial charge in [0.1, 0.15) is 0 Å². The summed E-state index contributed by atoms with van der Waals surface area (Å²) in [6.07, 6.45) is 0. The third-order valence-corrected chi connectivity index (χ3v) is 0.250. The highest BCUT2D eigenvalue weighted by Crippen LogP contribution is 1.94. The molecule has 0 amide bonds. The van der Waals surface area contributed by atoms with E-state index in [0.717, 1.165) is 0 Å². The van der Waals surface area contributed by atoms with Crippen LogP contribution in [0.1, 0.15) is 0 Å². The number of rotatable bonds is 1. The molecule has 0 aromatic carbocycles. The fraction of sp³-hybridized carbons (Fsp3) is 0. The maximum absolute atomic E-state index is 7.59. The average Bonchev–Trinajstić information content (AvgIpc) is 1.35. The van der Waals surface area contributed by atoms with Crippen molar-refractivity contribution in [1.82, 2.24) is 0 Å². The maximum atomic E-state index is 7.59. The Bertz CT molecular complexity index is 101. The van der Waals surface area contributed by atoms with E-state index in [1.807, 2.05) is 0 Å². The third kappa shape index (κ3) is 3.40. The normalized spacial score (nSPS) is 6.17. The summed E-state index contributed by atoms with van der Waals surface area (Å²) >= 11 is 3.56. The molecule has 32 valence electrons. The molecule has 6 heavy (non-hydrogen) atoms. The summed E-state index contributed by atoms with van der Waals surface area (Å²) in [6, 6.07) is 0. The van der Waals surface area contributed by atoms with Crippen LogP contribution in [0.3, 0.4) is 0 Å². The summed E-state index contributed by atoms with van der Waals surface area (Å²) < 4.78 is 0. The Kier molecular flexibility index (Phi) is 2.36. The van der Waals surface area contributed by atoms with Crippen LogP contribution < -0.4 is 0 Å². The van der Waals surface area contributed by atoms with Crippen LogP contribution in [-0.4, -0.2) is 0 Å². The predicted molar refractivity (Wildman–Crippen MR) is 27.3 cm³/mol. The first-order chi connectivity index (χ1) is 2.77. The summed E-state index contributed by atoms with van der Waals surface area (Å²) in [7, 11) is 0. The van der Waals surface area contributed by atoms with E-state index in [9.17, 15) is 0 Å². The van der Waals surface area contributed by atoms with Gasteiger partial charge in [-0.25, -0.2) is 0 Å². The summed E-state index contributed by atoms with van der Waals surface area (Å²) in [5.41, 5.74) is 7.59. The molecule has 0 aliphatic heterocycles. The minimum absolute atomic E-state index is 0.192. The molecule has 0 N–H and O–H groups in total. The van der Waals surface area contributed by atoms with Gasteiger partial charge in [0.2, 0.25) is 0 Å². The van der Waals surface area contributed by atoms with Crippen LogP contribution in [-0.2, 0) is 0 Å². The zero-order chi connectivity index (χ0) is 4.99. The first-order valence-electron chi connectivity index (χ1n) is 1.20. The molecule has 3 nitrogen and oxygen atoms in total. The van der Waals surface area contributed by atoms with Crippen molar-refractivity contribution in [1.29, 1.82) is 0 Å². The van der Waals surface area contributed by atoms with Crippen molar-refractivity contribution < 1.29 is 0 Å². The second-order valence-electron chi connectivity index (χ2n) is 0.606. The van der Waals surface area contributed by atoms with Crippen LogP contribution >= 0.6 is 12.6 Å². The van der Waals surface area contributed by atoms with Crippen molar-refractivity contribution in [3.63, 3.8) is 0 Å². The Morgan fingerprint density at radius 3 is 2.50 bits per heavy atom. The minimum atomic E-state index is 0.192. The van der Waals surface area contributed by atoms with Crippen LogP contribution in [0.5, 0.6) is 0 Å². The van der Waals surface area contributed by atoms with Gasteiger partial charge in [-0.15, -0.1) is 12.6 Å². The van der Waals surface area contributed by atoms with Crippen molar-refractivity contribution >= 4 is 12.6 Å². The molecule has 0 bridgehead atoms. The van der Waals surface area contributed by atoms with Gasteiger partial charge in [0, 0.05) is 4.91 Å². The Balaban J connectivity index is 3.60. The van der Waals surface area contributed by atoms with E-state index in [4.69, 9.17) is 5.53 Å². The van der Waals surface area contributed by atoms with Gasteiger partial charge in [0.05, 0.1) is 5.03 Å². The number of nitrogens with zero attached hydrogens (tertiary/aromatic N) is 3. The van der Waals surface area contributed by atoms with E-state index in [2.05, 4.69) is 29.2 Å². The van der Waals surface area contributed by atoms with Gasteiger partial charge in [0.25, 0.3) is 0 Å². The molecule has 0 saturated carbocycles. The van der Waals surface area contributed by atoms with E-state index >= 15 is 0 Å². The van der Waals surface area contributed by atoms with Crippen molar-refractivity contribution in [2.75, 3.05) is 0 Å². The second-order valence-corrected chi connectivity index (χ2v) is 1.12. The van der Waals surface area contributed by atoms with E-state index in [0.29, 0.717) is 0 Å². The lowest BCUT2D eigenvalue weighted by Crippen LogP contribution is -1.43. The summed E-state index contributed by atoms with van der Waals surface area (Å²) in [5.74, 6) is 0. The summed E-state index contributed by atoms with van der Waals surface area (Å²) in [6.45, 7) is 3.19. The standard InChI is InChI=1S/C2H3N3S/c1-2(6)4-5-3/h6H,1H2. The lowest BCUT2D eigenvalue weighted by molar-refractivity contribution is 1.49. The highest BCUT2D eigenvalue weighted by molar-refractivity contribution is 7.84. The van der Waals surface area contributed by atoms with Crippen LogP contribution in [0.15, 0.2) is 16.7 Å². The van der Waals surface area contributed by atoms with Gasteiger partial charge < -0.3 is 0 Å². The van der Waals surface area contributed by atoms with E-state index in [-0.39, 0.29) is 5.03 Å². The molecule has 4 heteroatoms. The molecule has 0 aromatic heterocycles. The Morgan fingerprint density at radius 1 is 2.00 bits per heavy atom. The highest BCUT2D eigenvalue weighted by atomic mass is 32.1. The van der Waals surface area contributed by atoms with Gasteiger partial charge in [-0.2, -0.15) is 0 Å². The van der Waals surface area contributed by atoms with E-state index in [1.165, 1.54) is 0 Å². The van der Waals surface area contributed by atoms with Crippen LogP contribution in [0.2, 0.25) is 0 Å². The van der Waals surface area contributed by atoms with Crippen molar-refractivity contribution in [2.24, 2.45) is 5.11 Å². The molecule has 0 aromatic rings. The Labute approximate surface area is 40.7 Å². The van der Waals surface area contributed by atoms with Crippen molar-refractivity contribution in [3.05, 3.63) is 22.1 Å². The number of hydrogen-bond donors (Lipinski definition) is 1. The molecule has 0 saturated heterocycles. The predicted octanol–water partition coefficient (Wildman–Crippen LogP) is 1.70. The molecular formula is C2H3N3S. The number of azide groups is 1. The lowest BCUT2D eigenvalue weighted by atomic mass is 11.1. The van der Waals surface area contributed by atoms with Crippen LogP contribution in [0.25, 0.3) is 10.4 Å². The molecular weight excluding hydrogens is 98.1 g/mol. The zero-order valence-corrected chi connectivity index (χ0v) is 3.89. The summed E-state index contributed by atoms with van der Waals surface area (Å²) in [5, 5.41) is 3.17. The first kappa shape index (κ1) is 5.40. The smallest absolute Gasteiger partial charge is 0.0602 e. The van der Waals surface area contributed by atoms with Crippen molar-refractivity contribution in [2.45, 2.75) is 0 Å². The highest BCUT2D eigenvalue weighted by Gasteiger charge is 1.66. The molecule has 0 aliphatic rings. The van der Waals surface area contributed by atoms with Gasteiger partial charge >= 0.3 is 0 Å². The molecule has 0 rings (SSSR count). The lowest BCUT2D eigenvalue weighted by Gasteiger charge is -1.68. The van der Waals surface area contributed by atoms with Gasteiger partial charge in [-0.3, -0.25) is 0 Å². The largest absolute Gasteiger partial charge is 0.142 e. The molecule has 0 spiro atoms. The van der Waals surface area contributed by atoms with Gasteiger partial charge in [0.15, 0.2) is 0 Å². The minimum Gasteiger partial charge on any atom is -0.142 e. The molecule has 0 atom stereocenters. The first-order valence-corrected chi connectivity index (χ1v) is 1.65. The quantitative estimate of drug-likeness (QED) is 0.226. The average molecular weight is 101 g/mol. The molecule has 0 fully saturated rings.